The molecule has 3 aromatic rings. The Bertz CT molecular complexity index is 1230. The van der Waals surface area contributed by atoms with Gasteiger partial charge in [-0.05, 0) is 35.9 Å². The van der Waals surface area contributed by atoms with E-state index in [-0.39, 0.29) is 34.1 Å². The molecule has 1 heterocycles. The first-order valence-electron chi connectivity index (χ1n) is 8.72. The van der Waals surface area contributed by atoms with Crippen LogP contribution in [0, 0.1) is 15.9 Å². The number of non-ortho nitro benzene ring substituents is 1. The van der Waals surface area contributed by atoms with Gasteiger partial charge in [-0.2, -0.15) is 0 Å². The lowest BCUT2D eigenvalue weighted by Crippen LogP contribution is -2.10. The van der Waals surface area contributed by atoms with E-state index in [4.69, 9.17) is 9.47 Å². The van der Waals surface area contributed by atoms with Gasteiger partial charge in [-0.1, -0.05) is 24.3 Å². The van der Waals surface area contributed by atoms with Gasteiger partial charge in [0, 0.05) is 18.2 Å². The van der Waals surface area contributed by atoms with E-state index in [1.807, 2.05) is 0 Å². The zero-order chi connectivity index (χ0) is 21.3. The van der Waals surface area contributed by atoms with E-state index in [1.165, 1.54) is 60.7 Å². The van der Waals surface area contributed by atoms with Crippen molar-refractivity contribution in [3.63, 3.8) is 0 Å². The van der Waals surface area contributed by atoms with Gasteiger partial charge in [0.05, 0.1) is 16.1 Å². The number of carbonyl (C=O) groups is 2. The number of nitro benzene ring substituents is 1. The minimum Gasteiger partial charge on any atom is -0.452 e. The lowest BCUT2D eigenvalue weighted by atomic mass is 10.1. The van der Waals surface area contributed by atoms with E-state index in [1.54, 1.807) is 6.07 Å². The summed E-state index contributed by atoms with van der Waals surface area (Å²) in [4.78, 5) is 35.1. The molecule has 0 aliphatic carbocycles. The van der Waals surface area contributed by atoms with E-state index >= 15 is 0 Å². The molecular weight excluding hydrogens is 393 g/mol. The zero-order valence-electron chi connectivity index (χ0n) is 15.2. The Morgan fingerprint density at radius 2 is 1.87 bits per heavy atom. The Kier molecular flexibility index (Phi) is 4.81. The fourth-order valence-corrected chi connectivity index (χ4v) is 2.90. The van der Waals surface area contributed by atoms with Gasteiger partial charge in [-0.3, -0.25) is 14.9 Å². The molecule has 0 atom stereocenters. The predicted octanol–water partition coefficient (Wildman–Crippen LogP) is 4.57. The van der Waals surface area contributed by atoms with E-state index < -0.39 is 22.5 Å². The van der Waals surface area contributed by atoms with E-state index in [0.717, 1.165) is 6.07 Å². The fraction of sp³-hybridized carbons (Fsp3) is 0. The lowest BCUT2D eigenvalue weighted by molar-refractivity contribution is -0.384. The van der Waals surface area contributed by atoms with Crippen LogP contribution in [0.5, 0.6) is 11.5 Å². The number of carbonyl (C=O) groups excluding carboxylic acids is 2. The van der Waals surface area contributed by atoms with Crippen LogP contribution >= 0.6 is 0 Å². The molecule has 0 bridgehead atoms. The van der Waals surface area contributed by atoms with Gasteiger partial charge in [0.25, 0.3) is 5.69 Å². The molecule has 0 unspecified atom stereocenters. The maximum atomic E-state index is 13.7. The highest BCUT2D eigenvalue weighted by Crippen LogP contribution is 2.35. The van der Waals surface area contributed by atoms with Crippen LogP contribution in [0.4, 0.5) is 10.1 Å². The van der Waals surface area contributed by atoms with Crippen molar-refractivity contribution in [1.82, 2.24) is 0 Å². The normalized spacial score (nSPS) is 13.6. The highest BCUT2D eigenvalue weighted by molar-refractivity contribution is 6.14. The quantitative estimate of drug-likeness (QED) is 0.207. The second kappa shape index (κ2) is 7.59. The summed E-state index contributed by atoms with van der Waals surface area (Å²) in [6.45, 7) is 0. The average Bonchev–Trinajstić information content (AvgIpc) is 3.03. The Balaban J connectivity index is 1.57. The smallest absolute Gasteiger partial charge is 0.346 e. The molecule has 7 nitrogen and oxygen atoms in total. The molecule has 1 aliphatic heterocycles. The third-order valence-electron chi connectivity index (χ3n) is 4.32. The molecule has 0 radical (unpaired) electrons. The summed E-state index contributed by atoms with van der Waals surface area (Å²) in [5.74, 6) is -1.80. The van der Waals surface area contributed by atoms with Crippen LogP contribution < -0.4 is 9.47 Å². The maximum Gasteiger partial charge on any atom is 0.346 e. The summed E-state index contributed by atoms with van der Waals surface area (Å²) in [5.41, 5.74) is 0.333. The van der Waals surface area contributed by atoms with Crippen molar-refractivity contribution in [1.29, 1.82) is 0 Å². The van der Waals surface area contributed by atoms with Crippen molar-refractivity contribution >= 4 is 23.5 Å². The third-order valence-corrected chi connectivity index (χ3v) is 4.32. The number of nitro groups is 1. The van der Waals surface area contributed by atoms with Crippen molar-refractivity contribution in [3.8, 4) is 11.5 Å². The molecule has 0 N–H and O–H groups in total. The van der Waals surface area contributed by atoms with Gasteiger partial charge in [0.1, 0.15) is 17.3 Å². The number of ether oxygens (including phenoxy) is 2. The molecule has 30 heavy (non-hydrogen) atoms. The Labute approximate surface area is 169 Å². The molecule has 0 aromatic heterocycles. The van der Waals surface area contributed by atoms with Crippen LogP contribution in [0.2, 0.25) is 0 Å². The molecule has 0 amide bonds. The zero-order valence-corrected chi connectivity index (χ0v) is 15.2. The monoisotopic (exact) mass is 405 g/mol. The first kappa shape index (κ1) is 19.0. The van der Waals surface area contributed by atoms with Crippen molar-refractivity contribution in [2.45, 2.75) is 0 Å². The first-order valence-corrected chi connectivity index (χ1v) is 8.72. The van der Waals surface area contributed by atoms with Gasteiger partial charge >= 0.3 is 5.97 Å². The first-order chi connectivity index (χ1) is 14.4. The molecule has 4 rings (SSSR count). The Morgan fingerprint density at radius 1 is 1.07 bits per heavy atom. The van der Waals surface area contributed by atoms with E-state index in [0.29, 0.717) is 5.56 Å². The molecular formula is C22H12FNO6. The van der Waals surface area contributed by atoms with Crippen molar-refractivity contribution in [2.75, 3.05) is 0 Å². The van der Waals surface area contributed by atoms with E-state index in [9.17, 15) is 24.1 Å². The number of halogens is 1. The minimum atomic E-state index is -0.885. The molecule has 148 valence electrons. The highest BCUT2D eigenvalue weighted by Gasteiger charge is 2.28. The third kappa shape index (κ3) is 3.66. The van der Waals surface area contributed by atoms with Gasteiger partial charge in [0.2, 0.25) is 5.78 Å². The number of esters is 1. The van der Waals surface area contributed by atoms with Gasteiger partial charge in [-0.25, -0.2) is 9.18 Å². The largest absolute Gasteiger partial charge is 0.452 e. The summed E-state index contributed by atoms with van der Waals surface area (Å²) < 4.78 is 24.5. The van der Waals surface area contributed by atoms with E-state index in [2.05, 4.69) is 0 Å². The van der Waals surface area contributed by atoms with Crippen LogP contribution in [0.1, 0.15) is 26.3 Å². The number of nitrogens with zero attached hydrogens (tertiary/aromatic N) is 1. The van der Waals surface area contributed by atoms with Gasteiger partial charge in [-0.15, -0.1) is 0 Å². The lowest BCUT2D eigenvalue weighted by Gasteiger charge is -2.06. The highest BCUT2D eigenvalue weighted by atomic mass is 19.1. The number of benzene rings is 3. The number of allylic oxidation sites excluding steroid dienone is 1. The van der Waals surface area contributed by atoms with Crippen molar-refractivity contribution in [2.24, 2.45) is 0 Å². The molecule has 0 saturated carbocycles. The van der Waals surface area contributed by atoms with Crippen LogP contribution in [-0.2, 0) is 0 Å². The maximum absolute atomic E-state index is 13.7. The Morgan fingerprint density at radius 3 is 2.63 bits per heavy atom. The second-order valence-electron chi connectivity index (χ2n) is 6.32. The van der Waals surface area contributed by atoms with Crippen LogP contribution in [0.15, 0.2) is 72.5 Å². The van der Waals surface area contributed by atoms with Crippen LogP contribution in [0.25, 0.3) is 6.08 Å². The predicted molar refractivity (Wildman–Crippen MR) is 104 cm³/mol. The molecule has 0 fully saturated rings. The second-order valence-corrected chi connectivity index (χ2v) is 6.32. The van der Waals surface area contributed by atoms with Crippen molar-refractivity contribution in [3.05, 3.63) is 105 Å². The summed E-state index contributed by atoms with van der Waals surface area (Å²) >= 11 is 0. The number of ketones is 1. The average molecular weight is 405 g/mol. The number of hydrogen-bond acceptors (Lipinski definition) is 6. The van der Waals surface area contributed by atoms with Crippen LogP contribution in [-0.4, -0.2) is 16.7 Å². The SMILES string of the molecule is O=C(Oc1ccc2c(c1)O/C(=C\c1cccc([N+](=O)[O-])c1)C2=O)c1ccccc1F. The summed E-state index contributed by atoms with van der Waals surface area (Å²) in [7, 11) is 0. The van der Waals surface area contributed by atoms with Crippen molar-refractivity contribution < 1.29 is 28.4 Å². The summed E-state index contributed by atoms with van der Waals surface area (Å²) in [6.07, 6.45) is 1.39. The molecule has 0 spiro atoms. The molecule has 1 aliphatic rings. The number of rotatable bonds is 4. The topological polar surface area (TPSA) is 95.7 Å². The molecule has 8 heteroatoms. The minimum absolute atomic E-state index is 0.0249. The molecule has 3 aromatic carbocycles. The number of Topliss-reactive ketones (excluding diaryl/α,β-unsaturated/α-hetero) is 1. The standard InChI is InChI=1S/C22H12FNO6/c23-18-7-2-1-6-16(18)22(26)29-15-8-9-17-19(12-15)30-20(21(17)25)11-13-4-3-5-14(10-13)24(27)28/h1-12H/b20-11-. The molecule has 0 saturated heterocycles. The van der Waals surface area contributed by atoms with Gasteiger partial charge < -0.3 is 9.47 Å². The van der Waals surface area contributed by atoms with Gasteiger partial charge in [0.15, 0.2) is 5.76 Å². The van der Waals surface area contributed by atoms with Crippen LogP contribution in [0.3, 0.4) is 0 Å². The number of fused-ring (bicyclic) bond motifs is 1. The number of hydrogen-bond donors (Lipinski definition) is 0. The summed E-state index contributed by atoms with van der Waals surface area (Å²) in [6, 6.07) is 15.3. The summed E-state index contributed by atoms with van der Waals surface area (Å²) in [5, 5.41) is 10.9. The fourth-order valence-electron chi connectivity index (χ4n) is 2.90. The Hall–Kier alpha value is -4.33.